The predicted octanol–water partition coefficient (Wildman–Crippen LogP) is 8.46. The van der Waals surface area contributed by atoms with Gasteiger partial charge >= 0.3 is 35.8 Å². The zero-order valence-corrected chi connectivity index (χ0v) is 38.1. The summed E-state index contributed by atoms with van der Waals surface area (Å²) in [5.41, 5.74) is 2.48. The van der Waals surface area contributed by atoms with Gasteiger partial charge in [0.1, 0.15) is 30.5 Å². The van der Waals surface area contributed by atoms with Gasteiger partial charge in [0.25, 0.3) is 0 Å². The second kappa shape index (κ2) is 32.7. The SMILES string of the molecule is COC(=O)C=Cc1ccc(OCCCCCC(=O)OCC(COC(=O)CCCCCOc2ccc(C=CC(=O)OC)cc2)OC(=O)CCCCCOc2ccc(C=CC(=O)OC)cc2)cc1. The lowest BCUT2D eigenvalue weighted by molar-refractivity contribution is -0.167. The molecular weight excluding hydrogens is 853 g/mol. The molecule has 0 saturated heterocycles. The highest BCUT2D eigenvalue weighted by molar-refractivity contribution is 5.88. The van der Waals surface area contributed by atoms with Gasteiger partial charge in [-0.05, 0) is 129 Å². The maximum Gasteiger partial charge on any atom is 0.330 e. The quantitative estimate of drug-likeness (QED) is 0.0251. The van der Waals surface area contributed by atoms with E-state index in [4.69, 9.17) is 28.4 Å². The van der Waals surface area contributed by atoms with Crippen LogP contribution in [0.2, 0.25) is 0 Å². The van der Waals surface area contributed by atoms with Crippen LogP contribution in [0.5, 0.6) is 17.2 Å². The van der Waals surface area contributed by atoms with E-state index in [-0.39, 0.29) is 32.5 Å². The molecule has 0 radical (unpaired) electrons. The number of rotatable bonds is 32. The summed E-state index contributed by atoms with van der Waals surface area (Å²) in [6, 6.07) is 21.8. The molecule has 15 heteroatoms. The molecule has 0 saturated carbocycles. The number of carbonyl (C=O) groups excluding carboxylic acids is 6. The molecule has 3 aromatic carbocycles. The Bertz CT molecular complexity index is 1900. The van der Waals surface area contributed by atoms with Crippen molar-refractivity contribution in [3.63, 3.8) is 0 Å². The molecule has 0 unspecified atom stereocenters. The van der Waals surface area contributed by atoms with Crippen LogP contribution in [0.25, 0.3) is 18.2 Å². The van der Waals surface area contributed by atoms with E-state index in [1.807, 2.05) is 36.4 Å². The summed E-state index contributed by atoms with van der Waals surface area (Å²) in [7, 11) is 3.95. The van der Waals surface area contributed by atoms with Crippen LogP contribution in [-0.2, 0) is 57.2 Å². The van der Waals surface area contributed by atoms with Gasteiger partial charge in [-0.1, -0.05) is 36.4 Å². The summed E-state index contributed by atoms with van der Waals surface area (Å²) in [4.78, 5) is 71.9. The summed E-state index contributed by atoms with van der Waals surface area (Å²) in [6.45, 7) is 0.850. The van der Waals surface area contributed by atoms with Gasteiger partial charge in [-0.2, -0.15) is 0 Å². The lowest BCUT2D eigenvalue weighted by atomic mass is 10.2. The van der Waals surface area contributed by atoms with Crippen LogP contribution in [0.4, 0.5) is 0 Å². The lowest BCUT2D eigenvalue weighted by Gasteiger charge is -2.18. The average molecular weight is 915 g/mol. The standard InChI is InChI=1S/C51H62O15/c1-58-46(52)31-22-39-16-25-42(26-17-39)61-34-10-4-7-13-49(55)64-37-45(66-51(57)15-9-6-12-36-63-44-29-20-41(21-30-44)24-33-48(54)60-3)38-65-50(56)14-8-5-11-35-62-43-27-18-40(19-28-43)23-32-47(53)59-2/h16-33,45H,4-15,34-38H2,1-3H3. The van der Waals surface area contributed by atoms with E-state index < -0.39 is 41.9 Å². The number of benzene rings is 3. The van der Waals surface area contributed by atoms with Crippen LogP contribution in [0.3, 0.4) is 0 Å². The lowest BCUT2D eigenvalue weighted by Crippen LogP contribution is -2.30. The molecular formula is C51H62O15. The Hall–Kier alpha value is -6.90. The van der Waals surface area contributed by atoms with Crippen LogP contribution in [0.1, 0.15) is 93.7 Å². The molecule has 0 N–H and O–H groups in total. The van der Waals surface area contributed by atoms with Crippen molar-refractivity contribution in [2.45, 2.75) is 83.2 Å². The fraction of sp³-hybridized carbons (Fsp3) is 0.412. The van der Waals surface area contributed by atoms with Crippen LogP contribution in [0.15, 0.2) is 91.0 Å². The third-order valence-electron chi connectivity index (χ3n) is 9.52. The highest BCUT2D eigenvalue weighted by Crippen LogP contribution is 2.17. The highest BCUT2D eigenvalue weighted by atomic mass is 16.6. The number of ether oxygens (including phenoxy) is 9. The molecule has 3 aromatic rings. The second-order valence-corrected chi connectivity index (χ2v) is 14.7. The smallest absolute Gasteiger partial charge is 0.330 e. The molecule has 0 aliphatic rings. The molecule has 0 aromatic heterocycles. The first-order valence-corrected chi connectivity index (χ1v) is 22.0. The Labute approximate surface area is 387 Å². The fourth-order valence-electron chi connectivity index (χ4n) is 5.81. The van der Waals surface area contributed by atoms with Gasteiger partial charge in [-0.3, -0.25) is 14.4 Å². The van der Waals surface area contributed by atoms with Crippen LogP contribution in [0, 0.1) is 0 Å². The van der Waals surface area contributed by atoms with Gasteiger partial charge in [-0.25, -0.2) is 14.4 Å². The highest BCUT2D eigenvalue weighted by Gasteiger charge is 2.19. The Morgan fingerprint density at radius 2 is 0.712 bits per heavy atom. The second-order valence-electron chi connectivity index (χ2n) is 14.7. The fourth-order valence-corrected chi connectivity index (χ4v) is 5.81. The monoisotopic (exact) mass is 914 g/mol. The van der Waals surface area contributed by atoms with Crippen molar-refractivity contribution in [2.24, 2.45) is 0 Å². The summed E-state index contributed by atoms with van der Waals surface area (Å²) in [6.07, 6.45) is 14.4. The molecule has 0 spiro atoms. The Morgan fingerprint density at radius 1 is 0.409 bits per heavy atom. The van der Waals surface area contributed by atoms with E-state index in [0.717, 1.165) is 29.5 Å². The molecule has 0 fully saturated rings. The summed E-state index contributed by atoms with van der Waals surface area (Å²) < 4.78 is 47.6. The molecule has 3 rings (SSSR count). The number of unbranched alkanes of at least 4 members (excludes halogenated alkanes) is 6. The van der Waals surface area contributed by atoms with Crippen molar-refractivity contribution in [2.75, 3.05) is 54.4 Å². The Balaban J connectivity index is 1.36. The molecule has 15 nitrogen and oxygen atoms in total. The van der Waals surface area contributed by atoms with Gasteiger partial charge < -0.3 is 42.6 Å². The minimum absolute atomic E-state index is 0.122. The molecule has 356 valence electrons. The molecule has 0 heterocycles. The summed E-state index contributed by atoms with van der Waals surface area (Å²) in [5, 5.41) is 0. The van der Waals surface area contributed by atoms with Crippen LogP contribution >= 0.6 is 0 Å². The van der Waals surface area contributed by atoms with Gasteiger partial charge in [-0.15, -0.1) is 0 Å². The van der Waals surface area contributed by atoms with Gasteiger partial charge in [0.15, 0.2) is 6.10 Å². The number of esters is 6. The predicted molar refractivity (Wildman–Crippen MR) is 246 cm³/mol. The molecule has 0 aliphatic carbocycles. The normalized spacial score (nSPS) is 11.5. The van der Waals surface area contributed by atoms with Crippen LogP contribution < -0.4 is 14.2 Å². The molecule has 0 amide bonds. The third kappa shape index (κ3) is 24.8. The molecule has 66 heavy (non-hydrogen) atoms. The van der Waals surface area contributed by atoms with E-state index >= 15 is 0 Å². The van der Waals surface area contributed by atoms with Gasteiger partial charge in [0.05, 0.1) is 41.2 Å². The number of hydrogen-bond donors (Lipinski definition) is 0. The van der Waals surface area contributed by atoms with Crippen molar-refractivity contribution in [3.05, 3.63) is 108 Å². The zero-order valence-electron chi connectivity index (χ0n) is 38.1. The van der Waals surface area contributed by atoms with Crippen LogP contribution in [-0.4, -0.2) is 96.3 Å². The number of carbonyl (C=O) groups is 6. The average Bonchev–Trinajstić information content (AvgIpc) is 3.34. The van der Waals surface area contributed by atoms with Crippen molar-refractivity contribution in [1.29, 1.82) is 0 Å². The minimum Gasteiger partial charge on any atom is -0.494 e. The van der Waals surface area contributed by atoms with Crippen molar-refractivity contribution in [3.8, 4) is 17.2 Å². The van der Waals surface area contributed by atoms with Crippen molar-refractivity contribution in [1.82, 2.24) is 0 Å². The van der Waals surface area contributed by atoms with E-state index in [1.165, 1.54) is 39.6 Å². The maximum atomic E-state index is 12.8. The van der Waals surface area contributed by atoms with E-state index in [9.17, 15) is 28.8 Å². The van der Waals surface area contributed by atoms with Gasteiger partial charge in [0.2, 0.25) is 0 Å². The molecule has 0 atom stereocenters. The van der Waals surface area contributed by atoms with E-state index in [1.54, 1.807) is 54.6 Å². The summed E-state index contributed by atoms with van der Waals surface area (Å²) >= 11 is 0. The van der Waals surface area contributed by atoms with Crippen molar-refractivity contribution < 1.29 is 71.4 Å². The maximum absolute atomic E-state index is 12.8. The summed E-state index contributed by atoms with van der Waals surface area (Å²) in [5.74, 6) is -0.675. The molecule has 0 bridgehead atoms. The molecule has 0 aliphatic heterocycles. The van der Waals surface area contributed by atoms with Gasteiger partial charge in [0, 0.05) is 37.5 Å². The largest absolute Gasteiger partial charge is 0.494 e. The van der Waals surface area contributed by atoms with E-state index in [0.29, 0.717) is 82.0 Å². The minimum atomic E-state index is -0.967. The first kappa shape index (κ1) is 53.4. The first-order valence-electron chi connectivity index (χ1n) is 22.0. The Kier molecular flexibility index (Phi) is 26.5. The first-order chi connectivity index (χ1) is 32.1. The number of hydrogen-bond acceptors (Lipinski definition) is 15. The van der Waals surface area contributed by atoms with E-state index in [2.05, 4.69) is 14.2 Å². The third-order valence-corrected chi connectivity index (χ3v) is 9.52. The number of methoxy groups -OCH3 is 3. The zero-order chi connectivity index (χ0) is 47.6. The Morgan fingerprint density at radius 3 is 1.02 bits per heavy atom. The topological polar surface area (TPSA) is 185 Å². The van der Waals surface area contributed by atoms with Crippen molar-refractivity contribution >= 4 is 54.0 Å².